The monoisotopic (exact) mass is 353 g/mol. The molecule has 0 saturated heterocycles. The Hall–Kier alpha value is -2.86. The maximum absolute atomic E-state index is 14.0. The second kappa shape index (κ2) is 6.80. The number of aromatic nitrogens is 2. The molecule has 1 aromatic heterocycles. The lowest BCUT2D eigenvalue weighted by atomic mass is 10.0. The molecule has 0 radical (unpaired) electrons. The maximum atomic E-state index is 14.0. The molecule has 0 amide bonds. The Labute approximate surface area is 151 Å². The van der Waals surface area contributed by atoms with E-state index in [1.807, 2.05) is 35.1 Å². The van der Waals surface area contributed by atoms with Crippen LogP contribution in [0.25, 0.3) is 11.1 Å². The van der Waals surface area contributed by atoms with Crippen LogP contribution >= 0.6 is 0 Å². The van der Waals surface area contributed by atoms with Gasteiger partial charge in [0.15, 0.2) is 0 Å². The summed E-state index contributed by atoms with van der Waals surface area (Å²) in [6, 6.07) is 10.8. The number of nitrogens with two attached hydrogens (primary N) is 1. The van der Waals surface area contributed by atoms with Crippen LogP contribution in [0.3, 0.4) is 0 Å². The van der Waals surface area contributed by atoms with Gasteiger partial charge < -0.3 is 15.2 Å². The average Bonchev–Trinajstić information content (AvgIpc) is 3.28. The molecule has 0 spiro atoms. The Bertz CT molecular complexity index is 921. The van der Waals surface area contributed by atoms with Crippen molar-refractivity contribution < 1.29 is 13.9 Å². The first kappa shape index (κ1) is 16.6. The molecule has 2 N–H and O–H groups in total. The average molecular weight is 353 g/mol. The van der Waals surface area contributed by atoms with Gasteiger partial charge in [-0.05, 0) is 29.8 Å². The van der Waals surface area contributed by atoms with Crippen LogP contribution in [-0.4, -0.2) is 29.5 Å². The first-order valence-electron chi connectivity index (χ1n) is 8.51. The van der Waals surface area contributed by atoms with Gasteiger partial charge in [-0.15, -0.1) is 0 Å². The second-order valence-electron chi connectivity index (χ2n) is 6.40. The summed E-state index contributed by atoms with van der Waals surface area (Å²) >= 11 is 0. The molecule has 5 nitrogen and oxygen atoms in total. The van der Waals surface area contributed by atoms with Crippen molar-refractivity contribution in [3.05, 3.63) is 65.7 Å². The Morgan fingerprint density at radius 2 is 2.12 bits per heavy atom. The maximum Gasteiger partial charge on any atom is 0.131 e. The highest BCUT2D eigenvalue weighted by atomic mass is 19.1. The van der Waals surface area contributed by atoms with Gasteiger partial charge in [0.1, 0.15) is 23.4 Å². The summed E-state index contributed by atoms with van der Waals surface area (Å²) in [5.41, 5.74) is 9.21. The molecule has 4 rings (SSSR count). The Morgan fingerprint density at radius 3 is 2.85 bits per heavy atom. The molecule has 2 heterocycles. The van der Waals surface area contributed by atoms with Crippen LogP contribution in [0.5, 0.6) is 11.5 Å². The minimum absolute atomic E-state index is 0.0973. The predicted molar refractivity (Wildman–Crippen MR) is 96.9 cm³/mol. The van der Waals surface area contributed by atoms with E-state index < -0.39 is 0 Å². The highest BCUT2D eigenvalue weighted by Crippen LogP contribution is 2.39. The van der Waals surface area contributed by atoms with Crippen molar-refractivity contribution in [1.82, 2.24) is 9.78 Å². The minimum Gasteiger partial charge on any atom is -0.497 e. The largest absolute Gasteiger partial charge is 0.497 e. The SMILES string of the molecule is COc1ccc(Cn2cc(-c3cc(F)cc4c3O[C@@H](CN)C4)cn2)cc1. The van der Waals surface area contributed by atoms with Gasteiger partial charge in [-0.2, -0.15) is 5.10 Å². The number of hydrogen-bond acceptors (Lipinski definition) is 4. The van der Waals surface area contributed by atoms with Crippen LogP contribution in [0.2, 0.25) is 0 Å². The molecule has 1 atom stereocenters. The Morgan fingerprint density at radius 1 is 1.31 bits per heavy atom. The van der Waals surface area contributed by atoms with Gasteiger partial charge >= 0.3 is 0 Å². The van der Waals surface area contributed by atoms with E-state index in [1.54, 1.807) is 13.3 Å². The molecule has 0 bridgehead atoms. The van der Waals surface area contributed by atoms with Crippen LogP contribution in [0.4, 0.5) is 4.39 Å². The van der Waals surface area contributed by atoms with Crippen LogP contribution in [0.15, 0.2) is 48.8 Å². The van der Waals surface area contributed by atoms with E-state index in [0.717, 1.165) is 28.0 Å². The molecular formula is C20H20FN3O2. The zero-order valence-electron chi connectivity index (χ0n) is 14.5. The Kier molecular flexibility index (Phi) is 4.34. The van der Waals surface area contributed by atoms with E-state index in [9.17, 15) is 4.39 Å². The van der Waals surface area contributed by atoms with E-state index in [1.165, 1.54) is 12.1 Å². The number of methoxy groups -OCH3 is 1. The number of fused-ring (bicyclic) bond motifs is 1. The van der Waals surface area contributed by atoms with Crippen molar-refractivity contribution in [2.24, 2.45) is 5.73 Å². The molecule has 0 saturated carbocycles. The van der Waals surface area contributed by atoms with E-state index in [-0.39, 0.29) is 11.9 Å². The van der Waals surface area contributed by atoms with E-state index >= 15 is 0 Å². The van der Waals surface area contributed by atoms with Crippen molar-refractivity contribution in [2.75, 3.05) is 13.7 Å². The van der Waals surface area contributed by atoms with Gasteiger partial charge in [0.25, 0.3) is 0 Å². The molecule has 0 aliphatic carbocycles. The highest BCUT2D eigenvalue weighted by molar-refractivity contribution is 5.72. The fourth-order valence-electron chi connectivity index (χ4n) is 3.25. The molecule has 0 fully saturated rings. The third-order valence-corrected chi connectivity index (χ3v) is 4.57. The lowest BCUT2D eigenvalue weighted by Gasteiger charge is -2.10. The number of nitrogens with zero attached hydrogens (tertiary/aromatic N) is 2. The molecule has 1 aliphatic rings. The molecule has 1 aliphatic heterocycles. The van der Waals surface area contributed by atoms with Crippen molar-refractivity contribution in [2.45, 2.75) is 19.1 Å². The molecule has 134 valence electrons. The Balaban J connectivity index is 1.60. The highest BCUT2D eigenvalue weighted by Gasteiger charge is 2.26. The third kappa shape index (κ3) is 3.15. The number of hydrogen-bond donors (Lipinski definition) is 1. The number of ether oxygens (including phenoxy) is 2. The van der Waals surface area contributed by atoms with Crippen molar-refractivity contribution in [3.63, 3.8) is 0 Å². The zero-order valence-corrected chi connectivity index (χ0v) is 14.5. The van der Waals surface area contributed by atoms with Gasteiger partial charge in [0, 0.05) is 35.9 Å². The van der Waals surface area contributed by atoms with E-state index in [4.69, 9.17) is 15.2 Å². The molecule has 2 aromatic carbocycles. The number of rotatable bonds is 5. The van der Waals surface area contributed by atoms with Crippen molar-refractivity contribution in [3.8, 4) is 22.6 Å². The summed E-state index contributed by atoms with van der Waals surface area (Å²) in [6.07, 6.45) is 4.17. The topological polar surface area (TPSA) is 62.3 Å². The van der Waals surface area contributed by atoms with Gasteiger partial charge in [0.2, 0.25) is 0 Å². The molecule has 3 aromatic rings. The molecular weight excluding hydrogens is 333 g/mol. The second-order valence-corrected chi connectivity index (χ2v) is 6.40. The van der Waals surface area contributed by atoms with Gasteiger partial charge in [-0.25, -0.2) is 4.39 Å². The smallest absolute Gasteiger partial charge is 0.131 e. The normalized spacial score (nSPS) is 15.6. The lowest BCUT2D eigenvalue weighted by Crippen LogP contribution is -2.24. The quantitative estimate of drug-likeness (QED) is 0.766. The first-order valence-corrected chi connectivity index (χ1v) is 8.51. The van der Waals surface area contributed by atoms with Gasteiger partial charge in [-0.1, -0.05) is 12.1 Å². The summed E-state index contributed by atoms with van der Waals surface area (Å²) in [7, 11) is 1.64. The standard InChI is InChI=1S/C20H20FN3O2/c1-25-17-4-2-13(3-5-17)11-24-12-15(10-23-24)19-8-16(21)6-14-7-18(9-22)26-20(14)19/h2-6,8,10,12,18H,7,9,11,22H2,1H3/t18-/m1/s1. The summed E-state index contributed by atoms with van der Waals surface area (Å²) in [6.45, 7) is 1.03. The number of halogens is 1. The molecule has 0 unspecified atom stereocenters. The van der Waals surface area contributed by atoms with Crippen LogP contribution in [-0.2, 0) is 13.0 Å². The van der Waals surface area contributed by atoms with E-state index in [2.05, 4.69) is 5.10 Å². The van der Waals surface area contributed by atoms with Crippen LogP contribution < -0.4 is 15.2 Å². The third-order valence-electron chi connectivity index (χ3n) is 4.57. The summed E-state index contributed by atoms with van der Waals surface area (Å²) in [5.74, 6) is 1.26. The zero-order chi connectivity index (χ0) is 18.1. The van der Waals surface area contributed by atoms with Gasteiger partial charge in [-0.3, -0.25) is 4.68 Å². The van der Waals surface area contributed by atoms with E-state index in [0.29, 0.717) is 25.3 Å². The number of benzene rings is 2. The fourth-order valence-corrected chi connectivity index (χ4v) is 3.25. The molecule has 6 heteroatoms. The van der Waals surface area contributed by atoms with Crippen LogP contribution in [0, 0.1) is 5.82 Å². The predicted octanol–water partition coefficient (Wildman–Crippen LogP) is 3.01. The van der Waals surface area contributed by atoms with Crippen molar-refractivity contribution in [1.29, 1.82) is 0 Å². The van der Waals surface area contributed by atoms with Crippen LogP contribution in [0.1, 0.15) is 11.1 Å². The first-order chi connectivity index (χ1) is 12.7. The lowest BCUT2D eigenvalue weighted by molar-refractivity contribution is 0.242. The fraction of sp³-hybridized carbons (Fsp3) is 0.250. The summed E-state index contributed by atoms with van der Waals surface area (Å²) in [4.78, 5) is 0. The summed E-state index contributed by atoms with van der Waals surface area (Å²) in [5, 5.41) is 4.41. The van der Waals surface area contributed by atoms with Crippen molar-refractivity contribution >= 4 is 0 Å². The molecule has 26 heavy (non-hydrogen) atoms. The minimum atomic E-state index is -0.275. The van der Waals surface area contributed by atoms with Gasteiger partial charge in [0.05, 0.1) is 19.9 Å². The summed E-state index contributed by atoms with van der Waals surface area (Å²) < 4.78 is 26.9.